The lowest BCUT2D eigenvalue weighted by molar-refractivity contribution is -0.167. The van der Waals surface area contributed by atoms with E-state index in [9.17, 15) is 14.4 Å². The summed E-state index contributed by atoms with van der Waals surface area (Å²) < 4.78 is 17.0. The summed E-state index contributed by atoms with van der Waals surface area (Å²) >= 11 is 0. The number of rotatable bonds is 64. The lowest BCUT2D eigenvalue weighted by atomic mass is 10.0. The molecule has 0 aliphatic rings. The Kier molecular flexibility index (Phi) is 66.7. The van der Waals surface area contributed by atoms with E-state index in [1.54, 1.807) is 0 Å². The molecule has 82 heavy (non-hydrogen) atoms. The predicted octanol–water partition coefficient (Wildman–Crippen LogP) is 24.4. The van der Waals surface area contributed by atoms with Crippen molar-refractivity contribution in [3.63, 3.8) is 0 Å². The van der Waals surface area contributed by atoms with E-state index >= 15 is 0 Å². The number of hydrogen-bond donors (Lipinski definition) is 0. The van der Waals surface area contributed by atoms with Crippen LogP contribution in [0.4, 0.5) is 0 Å². The van der Waals surface area contributed by atoms with Gasteiger partial charge in [0, 0.05) is 19.3 Å². The van der Waals surface area contributed by atoms with Crippen LogP contribution in [0.25, 0.3) is 0 Å². The molecule has 0 aliphatic heterocycles. The van der Waals surface area contributed by atoms with Gasteiger partial charge in [0.25, 0.3) is 0 Å². The number of ether oxygens (including phenoxy) is 3. The van der Waals surface area contributed by atoms with E-state index < -0.39 is 6.10 Å². The van der Waals surface area contributed by atoms with Gasteiger partial charge >= 0.3 is 17.9 Å². The molecule has 6 heteroatoms. The Labute approximate surface area is 508 Å². The van der Waals surface area contributed by atoms with Crippen LogP contribution < -0.4 is 0 Å². The fourth-order valence-corrected chi connectivity index (χ4v) is 10.1. The van der Waals surface area contributed by atoms with Crippen molar-refractivity contribution in [2.75, 3.05) is 13.2 Å². The lowest BCUT2D eigenvalue weighted by Gasteiger charge is -2.18. The summed E-state index contributed by atoms with van der Waals surface area (Å²) in [4.78, 5) is 38.5. The fraction of sp³-hybridized carbons (Fsp3) is 0.750. The highest BCUT2D eigenvalue weighted by molar-refractivity contribution is 5.71. The minimum Gasteiger partial charge on any atom is -0.462 e. The van der Waals surface area contributed by atoms with Gasteiger partial charge in [-0.3, -0.25) is 14.4 Å². The first-order valence-corrected chi connectivity index (χ1v) is 35.2. The first kappa shape index (κ1) is 78.3. The number of carbonyl (C=O) groups excluding carboxylic acids is 3. The summed E-state index contributed by atoms with van der Waals surface area (Å²) in [5.41, 5.74) is 0. The van der Waals surface area contributed by atoms with Crippen LogP contribution in [0.5, 0.6) is 0 Å². The number of carbonyl (C=O) groups is 3. The highest BCUT2D eigenvalue weighted by Crippen LogP contribution is 2.18. The Morgan fingerprint density at radius 1 is 0.256 bits per heavy atom. The van der Waals surface area contributed by atoms with Gasteiger partial charge in [0.15, 0.2) is 6.10 Å². The molecular formula is C76H132O6. The second kappa shape index (κ2) is 69.8. The largest absolute Gasteiger partial charge is 0.462 e. The third-order valence-electron chi connectivity index (χ3n) is 15.3. The van der Waals surface area contributed by atoms with E-state index in [1.807, 2.05) is 0 Å². The van der Waals surface area contributed by atoms with Crippen LogP contribution in [0.2, 0.25) is 0 Å². The van der Waals surface area contributed by atoms with Gasteiger partial charge in [-0.05, 0) is 96.3 Å². The molecule has 0 aliphatic carbocycles. The Bertz CT molecular complexity index is 1590. The zero-order chi connectivity index (χ0) is 59.2. The molecule has 472 valence electrons. The van der Waals surface area contributed by atoms with Gasteiger partial charge in [0.05, 0.1) is 0 Å². The smallest absolute Gasteiger partial charge is 0.306 e. The zero-order valence-electron chi connectivity index (χ0n) is 54.2. The summed E-state index contributed by atoms with van der Waals surface area (Å²) in [5, 5.41) is 0. The second-order valence-electron chi connectivity index (χ2n) is 23.4. The third-order valence-corrected chi connectivity index (χ3v) is 15.3. The summed E-state index contributed by atoms with van der Waals surface area (Å²) in [6, 6.07) is 0. The van der Waals surface area contributed by atoms with Crippen molar-refractivity contribution in [2.24, 2.45) is 0 Å². The third kappa shape index (κ3) is 67.1. The first-order valence-electron chi connectivity index (χ1n) is 35.2. The maximum atomic E-state index is 13.0. The second-order valence-corrected chi connectivity index (χ2v) is 23.4. The molecule has 0 saturated carbocycles. The van der Waals surface area contributed by atoms with Crippen molar-refractivity contribution in [1.29, 1.82) is 0 Å². The van der Waals surface area contributed by atoms with Crippen molar-refractivity contribution in [3.05, 3.63) is 97.2 Å². The molecule has 0 spiro atoms. The quantitative estimate of drug-likeness (QED) is 0.0261. The standard InChI is InChI=1S/C76H132O6/c1-4-7-10-13-16-19-22-25-28-30-32-34-36-37-38-39-41-42-44-46-48-51-54-57-60-63-66-69-75(78)81-72-73(71-80-74(77)68-65-62-59-56-53-50-27-24-21-18-15-12-9-6-3)82-76(79)70-67-64-61-58-55-52-49-47-45-43-40-35-33-31-29-26-23-20-17-14-11-8-5-2/h7-8,10-11,16-17,19-20,25-26,28-29,32-35,73H,4-6,9,12-15,18,21-24,27,30-31,36-72H2,1-3H3/b10-7-,11-8-,19-16-,20-17-,28-25-,29-26-,34-32-,35-33-. The summed E-state index contributed by atoms with van der Waals surface area (Å²) in [6.45, 7) is 6.46. The molecule has 0 heterocycles. The SMILES string of the molecule is CC/C=C\C/C=C\C/C=C\C/C=C\CCCCCCCCCCCCCCCCC(=O)OCC(COC(=O)CCCCCCCCCCCCCCCC)OC(=O)CCCCCCCCCCCC/C=C\C/C=C\C/C=C\C/C=C\CC. The minimum atomic E-state index is -0.780. The first-order chi connectivity index (χ1) is 40.5. The Morgan fingerprint density at radius 2 is 0.476 bits per heavy atom. The summed E-state index contributed by atoms with van der Waals surface area (Å²) in [7, 11) is 0. The zero-order valence-corrected chi connectivity index (χ0v) is 54.2. The topological polar surface area (TPSA) is 78.9 Å². The predicted molar refractivity (Wildman–Crippen MR) is 357 cm³/mol. The van der Waals surface area contributed by atoms with Gasteiger partial charge in [0.1, 0.15) is 13.2 Å². The van der Waals surface area contributed by atoms with Gasteiger partial charge < -0.3 is 14.2 Å². The van der Waals surface area contributed by atoms with E-state index in [1.165, 1.54) is 199 Å². The molecule has 0 aromatic rings. The van der Waals surface area contributed by atoms with Crippen molar-refractivity contribution in [2.45, 2.75) is 354 Å². The van der Waals surface area contributed by atoms with E-state index in [4.69, 9.17) is 14.2 Å². The fourth-order valence-electron chi connectivity index (χ4n) is 10.1. The normalized spacial score (nSPS) is 12.7. The number of unbranched alkanes of at least 4 members (excludes halogenated alkanes) is 37. The molecule has 0 aromatic carbocycles. The van der Waals surface area contributed by atoms with Gasteiger partial charge in [0.2, 0.25) is 0 Å². The van der Waals surface area contributed by atoms with E-state index in [0.29, 0.717) is 19.3 Å². The summed E-state index contributed by atoms with van der Waals surface area (Å²) in [6.07, 6.45) is 94.3. The molecule has 1 atom stereocenters. The maximum absolute atomic E-state index is 13.0. The van der Waals surface area contributed by atoms with Gasteiger partial charge in [-0.2, -0.15) is 0 Å². The van der Waals surface area contributed by atoms with Crippen LogP contribution in [0.3, 0.4) is 0 Å². The highest BCUT2D eigenvalue weighted by Gasteiger charge is 2.19. The van der Waals surface area contributed by atoms with Gasteiger partial charge in [-0.15, -0.1) is 0 Å². The molecule has 0 bridgehead atoms. The van der Waals surface area contributed by atoms with E-state index in [2.05, 4.69) is 118 Å². The van der Waals surface area contributed by atoms with Crippen molar-refractivity contribution < 1.29 is 28.6 Å². The highest BCUT2D eigenvalue weighted by atomic mass is 16.6. The van der Waals surface area contributed by atoms with Gasteiger partial charge in [-0.25, -0.2) is 0 Å². The molecule has 0 N–H and O–H groups in total. The van der Waals surface area contributed by atoms with Gasteiger partial charge in [-0.1, -0.05) is 330 Å². The van der Waals surface area contributed by atoms with Crippen LogP contribution >= 0.6 is 0 Å². The minimum absolute atomic E-state index is 0.0748. The number of hydrogen-bond acceptors (Lipinski definition) is 6. The van der Waals surface area contributed by atoms with E-state index in [-0.39, 0.29) is 31.1 Å². The molecule has 6 nitrogen and oxygen atoms in total. The molecule has 0 saturated heterocycles. The van der Waals surface area contributed by atoms with E-state index in [0.717, 1.165) is 109 Å². The lowest BCUT2D eigenvalue weighted by Crippen LogP contribution is -2.30. The Balaban J connectivity index is 4.29. The molecular weight excluding hydrogens is 1010 g/mol. The number of allylic oxidation sites excluding steroid dienone is 16. The maximum Gasteiger partial charge on any atom is 0.306 e. The molecule has 0 radical (unpaired) electrons. The van der Waals surface area contributed by atoms with Crippen LogP contribution in [0.1, 0.15) is 348 Å². The van der Waals surface area contributed by atoms with Crippen molar-refractivity contribution >= 4 is 17.9 Å². The monoisotopic (exact) mass is 1140 g/mol. The summed E-state index contributed by atoms with van der Waals surface area (Å²) in [5.74, 6) is -0.861. The number of esters is 3. The molecule has 0 aromatic heterocycles. The molecule has 0 amide bonds. The molecule has 0 fully saturated rings. The Morgan fingerprint density at radius 3 is 0.744 bits per heavy atom. The molecule has 0 rings (SSSR count). The average Bonchev–Trinajstić information content (AvgIpc) is 3.48. The Hall–Kier alpha value is -3.67. The van der Waals surface area contributed by atoms with Crippen LogP contribution in [0.15, 0.2) is 97.2 Å². The van der Waals surface area contributed by atoms with Crippen molar-refractivity contribution in [1.82, 2.24) is 0 Å². The van der Waals surface area contributed by atoms with Crippen molar-refractivity contribution in [3.8, 4) is 0 Å². The van der Waals surface area contributed by atoms with Crippen LogP contribution in [-0.4, -0.2) is 37.2 Å². The van der Waals surface area contributed by atoms with Crippen LogP contribution in [0, 0.1) is 0 Å². The molecule has 1 unspecified atom stereocenters. The average molecular weight is 1140 g/mol. The van der Waals surface area contributed by atoms with Crippen LogP contribution in [-0.2, 0) is 28.6 Å².